The number of rotatable bonds is 3. The van der Waals surface area contributed by atoms with Crippen LogP contribution in [0.15, 0.2) is 18.3 Å². The smallest absolute Gasteiger partial charge is 0.417 e. The molecule has 0 saturated carbocycles. The van der Waals surface area contributed by atoms with Crippen molar-refractivity contribution in [3.63, 3.8) is 0 Å². The molecule has 0 spiro atoms. The normalized spacial score (nSPS) is 22.0. The van der Waals surface area contributed by atoms with Gasteiger partial charge in [0.25, 0.3) is 0 Å². The number of halogens is 3. The zero-order valence-corrected chi connectivity index (χ0v) is 15.1. The molecule has 3 rings (SSSR count). The minimum atomic E-state index is -4.33. The van der Waals surface area contributed by atoms with E-state index in [4.69, 9.17) is 10.5 Å². The van der Waals surface area contributed by atoms with E-state index in [0.717, 1.165) is 70.5 Å². The third kappa shape index (κ3) is 6.99. The highest BCUT2D eigenvalue weighted by Gasteiger charge is 2.31. The maximum absolute atomic E-state index is 11.8. The summed E-state index contributed by atoms with van der Waals surface area (Å²) < 4.78 is 40.8. The Labute approximate surface area is 156 Å². The predicted molar refractivity (Wildman–Crippen MR) is 94.0 cm³/mol. The summed E-state index contributed by atoms with van der Waals surface area (Å²) in [6.45, 7) is 3.58. The number of anilines is 1. The molecule has 0 aromatic carbocycles. The fourth-order valence-corrected chi connectivity index (χ4v) is 3.32. The molecule has 0 aliphatic carbocycles. The molecule has 3 N–H and O–H groups in total. The third-order valence-corrected chi connectivity index (χ3v) is 4.85. The average Bonchev–Trinajstić information content (AvgIpc) is 2.63. The van der Waals surface area contributed by atoms with Gasteiger partial charge in [0.05, 0.1) is 5.56 Å². The van der Waals surface area contributed by atoms with E-state index < -0.39 is 17.7 Å². The van der Waals surface area contributed by atoms with Crippen LogP contribution in [-0.2, 0) is 15.7 Å². The average molecular weight is 389 g/mol. The number of carboxylic acid groups (broad SMARTS) is 1. The molecule has 152 valence electrons. The lowest BCUT2D eigenvalue weighted by Crippen LogP contribution is -2.47. The molecule has 0 radical (unpaired) electrons. The third-order valence-electron chi connectivity index (χ3n) is 4.85. The standard InChI is InChI=1S/C12H21NO3.C6H5F3N2/c14-12(15)11-3-1-2-6-13(11)9-10-4-7-16-8-5-10;7-6(8,9)4-1-2-5(10)11-3-4/h10-11H,1-9H2,(H,14,15);1-3H,(H2,10,11)/t11-;/m0./s1. The predicted octanol–water partition coefficient (Wildman–Crippen LogP) is 3.03. The van der Waals surface area contributed by atoms with Gasteiger partial charge in [-0.3, -0.25) is 9.69 Å². The lowest BCUT2D eigenvalue weighted by molar-refractivity contribution is -0.145. The Hall–Kier alpha value is -1.87. The number of nitrogens with two attached hydrogens (primary N) is 1. The first-order chi connectivity index (χ1) is 12.8. The topological polar surface area (TPSA) is 88.7 Å². The van der Waals surface area contributed by atoms with Gasteiger partial charge in [-0.05, 0) is 50.3 Å². The van der Waals surface area contributed by atoms with Crippen molar-refractivity contribution in [1.29, 1.82) is 0 Å². The van der Waals surface area contributed by atoms with Gasteiger partial charge in [-0.1, -0.05) is 6.42 Å². The number of carbonyl (C=O) groups is 1. The van der Waals surface area contributed by atoms with Gasteiger partial charge in [0.2, 0.25) is 0 Å². The van der Waals surface area contributed by atoms with Gasteiger partial charge in [-0.25, -0.2) is 4.98 Å². The highest BCUT2D eigenvalue weighted by molar-refractivity contribution is 5.73. The summed E-state index contributed by atoms with van der Waals surface area (Å²) in [7, 11) is 0. The van der Waals surface area contributed by atoms with Crippen LogP contribution in [0.3, 0.4) is 0 Å². The second-order valence-corrected chi connectivity index (χ2v) is 6.87. The first-order valence-electron chi connectivity index (χ1n) is 9.10. The van der Waals surface area contributed by atoms with Crippen LogP contribution in [0, 0.1) is 5.92 Å². The van der Waals surface area contributed by atoms with Crippen molar-refractivity contribution in [2.75, 3.05) is 32.0 Å². The van der Waals surface area contributed by atoms with Gasteiger partial charge < -0.3 is 15.6 Å². The van der Waals surface area contributed by atoms with Crippen LogP contribution in [0.5, 0.6) is 0 Å². The number of alkyl halides is 3. The van der Waals surface area contributed by atoms with E-state index >= 15 is 0 Å². The Morgan fingerprint density at radius 2 is 1.96 bits per heavy atom. The molecule has 0 amide bonds. The molecule has 1 atom stereocenters. The molecule has 1 aromatic heterocycles. The number of hydrogen-bond donors (Lipinski definition) is 2. The van der Waals surface area contributed by atoms with E-state index in [9.17, 15) is 23.1 Å². The van der Waals surface area contributed by atoms with Crippen LogP contribution in [-0.4, -0.2) is 53.3 Å². The van der Waals surface area contributed by atoms with Crippen molar-refractivity contribution in [2.24, 2.45) is 5.92 Å². The highest BCUT2D eigenvalue weighted by Crippen LogP contribution is 2.28. The van der Waals surface area contributed by atoms with Crippen molar-refractivity contribution in [3.05, 3.63) is 23.9 Å². The molecular weight excluding hydrogens is 363 g/mol. The number of aliphatic carboxylic acids is 1. The minimum absolute atomic E-state index is 0.0815. The second kappa shape index (κ2) is 9.89. The van der Waals surface area contributed by atoms with E-state index in [2.05, 4.69) is 9.88 Å². The largest absolute Gasteiger partial charge is 0.480 e. The molecule has 27 heavy (non-hydrogen) atoms. The lowest BCUT2D eigenvalue weighted by Gasteiger charge is -2.36. The number of piperidine rings is 1. The van der Waals surface area contributed by atoms with Crippen LogP contribution >= 0.6 is 0 Å². The molecule has 2 fully saturated rings. The van der Waals surface area contributed by atoms with E-state index in [1.165, 1.54) is 0 Å². The number of nitrogen functional groups attached to an aromatic ring is 1. The molecule has 0 bridgehead atoms. The van der Waals surface area contributed by atoms with E-state index in [1.54, 1.807) is 0 Å². The van der Waals surface area contributed by atoms with Gasteiger partial charge >= 0.3 is 12.1 Å². The van der Waals surface area contributed by atoms with Crippen LogP contribution in [0.2, 0.25) is 0 Å². The molecular formula is C18H26F3N3O3. The fourth-order valence-electron chi connectivity index (χ4n) is 3.32. The zero-order valence-electron chi connectivity index (χ0n) is 15.1. The Bertz CT molecular complexity index is 590. The maximum Gasteiger partial charge on any atom is 0.417 e. The summed E-state index contributed by atoms with van der Waals surface area (Å²) in [5.41, 5.74) is 4.31. The lowest BCUT2D eigenvalue weighted by atomic mass is 9.95. The fraction of sp³-hybridized carbons (Fsp3) is 0.667. The Balaban J connectivity index is 0.000000208. The van der Waals surface area contributed by atoms with Crippen molar-refractivity contribution < 1.29 is 27.8 Å². The number of aromatic nitrogens is 1. The van der Waals surface area contributed by atoms with Crippen LogP contribution < -0.4 is 5.73 Å². The molecule has 1 aromatic rings. The zero-order chi connectivity index (χ0) is 19.9. The van der Waals surface area contributed by atoms with Gasteiger partial charge in [0.15, 0.2) is 0 Å². The van der Waals surface area contributed by atoms with Crippen molar-refractivity contribution >= 4 is 11.8 Å². The van der Waals surface area contributed by atoms with E-state index in [-0.39, 0.29) is 11.9 Å². The number of pyridine rings is 1. The summed E-state index contributed by atoms with van der Waals surface area (Å²) in [5, 5.41) is 9.17. The second-order valence-electron chi connectivity index (χ2n) is 6.87. The van der Waals surface area contributed by atoms with E-state index in [0.29, 0.717) is 12.1 Å². The van der Waals surface area contributed by atoms with E-state index in [1.807, 2.05) is 0 Å². The molecule has 0 unspecified atom stereocenters. The maximum atomic E-state index is 11.8. The van der Waals surface area contributed by atoms with Gasteiger partial charge in [-0.2, -0.15) is 13.2 Å². The summed E-state index contributed by atoms with van der Waals surface area (Å²) in [6, 6.07) is 1.77. The SMILES string of the molecule is Nc1ccc(C(F)(F)F)cn1.O=C(O)[C@@H]1CCCCN1CC1CCOCC1. The number of ether oxygens (including phenoxy) is 1. The van der Waals surface area contributed by atoms with Gasteiger partial charge in [0.1, 0.15) is 11.9 Å². The van der Waals surface area contributed by atoms with Crippen molar-refractivity contribution in [2.45, 2.75) is 44.3 Å². The quantitative estimate of drug-likeness (QED) is 0.826. The van der Waals surface area contributed by atoms with Crippen LogP contribution in [0.4, 0.5) is 19.0 Å². The number of hydrogen-bond acceptors (Lipinski definition) is 5. The molecule has 2 saturated heterocycles. The molecule has 9 heteroatoms. The number of nitrogens with zero attached hydrogens (tertiary/aromatic N) is 2. The summed E-state index contributed by atoms with van der Waals surface area (Å²) in [5.74, 6) is 0.0680. The van der Waals surface area contributed by atoms with Crippen molar-refractivity contribution in [3.8, 4) is 0 Å². The summed E-state index contributed by atoms with van der Waals surface area (Å²) in [4.78, 5) is 16.6. The Morgan fingerprint density at radius 3 is 2.52 bits per heavy atom. The number of carboxylic acids is 1. The van der Waals surface area contributed by atoms with Gasteiger partial charge in [0, 0.05) is 26.0 Å². The molecule has 3 heterocycles. The molecule has 6 nitrogen and oxygen atoms in total. The van der Waals surface area contributed by atoms with Crippen molar-refractivity contribution in [1.82, 2.24) is 9.88 Å². The van der Waals surface area contributed by atoms with Gasteiger partial charge in [-0.15, -0.1) is 0 Å². The summed E-state index contributed by atoms with van der Waals surface area (Å²) in [6.07, 6.45) is 1.56. The number of likely N-dealkylation sites (tertiary alicyclic amines) is 1. The Kier molecular flexibility index (Phi) is 7.85. The van der Waals surface area contributed by atoms with Crippen LogP contribution in [0.25, 0.3) is 0 Å². The first kappa shape index (κ1) is 21.4. The van der Waals surface area contributed by atoms with Crippen LogP contribution in [0.1, 0.15) is 37.7 Å². The molecule has 2 aliphatic heterocycles. The molecule has 2 aliphatic rings. The first-order valence-corrected chi connectivity index (χ1v) is 9.10. The highest BCUT2D eigenvalue weighted by atomic mass is 19.4. The monoisotopic (exact) mass is 389 g/mol. The Morgan fingerprint density at radius 1 is 1.26 bits per heavy atom. The summed E-state index contributed by atoms with van der Waals surface area (Å²) >= 11 is 0. The minimum Gasteiger partial charge on any atom is -0.480 e.